The number of fused-ring (bicyclic) bond motifs is 6. The summed E-state index contributed by atoms with van der Waals surface area (Å²) in [5.74, 6) is 1.07. The van der Waals surface area contributed by atoms with Crippen LogP contribution >= 0.6 is 0 Å². The van der Waals surface area contributed by atoms with Crippen molar-refractivity contribution in [3.63, 3.8) is 0 Å². The molecule has 0 aliphatic carbocycles. The number of aryl methyl sites for hydroxylation is 2. The Kier molecular flexibility index (Phi) is 3.93. The zero-order valence-electron chi connectivity index (χ0n) is 17.8. The molecule has 2 aliphatic heterocycles. The van der Waals surface area contributed by atoms with Gasteiger partial charge in [-0.15, -0.1) is 0 Å². The molecule has 6 rings (SSSR count). The molecule has 2 aliphatic rings. The van der Waals surface area contributed by atoms with Crippen molar-refractivity contribution >= 4 is 17.3 Å². The second-order valence-electron chi connectivity index (χ2n) is 8.37. The fourth-order valence-corrected chi connectivity index (χ4v) is 4.70. The highest BCUT2D eigenvalue weighted by atomic mass is 16.6. The number of carbonyl (C=O) groups excluding carboxylic acids is 1. The van der Waals surface area contributed by atoms with Crippen LogP contribution in [0.5, 0.6) is 11.5 Å². The topological polar surface area (TPSA) is 47.6 Å². The number of carbonyl (C=O) groups is 1. The lowest BCUT2D eigenvalue weighted by Crippen LogP contribution is -2.33. The van der Waals surface area contributed by atoms with Gasteiger partial charge in [0.2, 0.25) is 0 Å². The van der Waals surface area contributed by atoms with Crippen LogP contribution < -0.4 is 10.1 Å². The second kappa shape index (κ2) is 6.72. The summed E-state index contributed by atoms with van der Waals surface area (Å²) in [4.78, 5) is 13.0. The maximum absolute atomic E-state index is 13.0. The highest BCUT2D eigenvalue weighted by Gasteiger charge is 2.53. The minimum atomic E-state index is -1.05. The molecule has 4 aromatic rings. The third-order valence-corrected chi connectivity index (χ3v) is 6.29. The summed E-state index contributed by atoms with van der Waals surface area (Å²) in [5, 5.41) is 3.52. The number of hydrogen-bond donors (Lipinski definition) is 1. The van der Waals surface area contributed by atoms with E-state index in [9.17, 15) is 4.79 Å². The summed E-state index contributed by atoms with van der Waals surface area (Å²) in [7, 11) is 0. The van der Waals surface area contributed by atoms with Gasteiger partial charge >= 0.3 is 5.97 Å². The van der Waals surface area contributed by atoms with Crippen molar-refractivity contribution in [3.8, 4) is 11.5 Å². The zero-order valence-corrected chi connectivity index (χ0v) is 17.8. The Bertz CT molecular complexity index is 1390. The molecule has 0 fully saturated rings. The summed E-state index contributed by atoms with van der Waals surface area (Å²) >= 11 is 0. The first-order valence-electron chi connectivity index (χ1n) is 10.7. The van der Waals surface area contributed by atoms with Gasteiger partial charge in [-0.25, -0.2) is 4.79 Å². The molecule has 1 spiro atoms. The average molecular weight is 419 g/mol. The van der Waals surface area contributed by atoms with Crippen molar-refractivity contribution in [3.05, 3.63) is 118 Å². The monoisotopic (exact) mass is 419 g/mol. The molecule has 1 unspecified atom stereocenters. The first kappa shape index (κ1) is 18.7. The van der Waals surface area contributed by atoms with E-state index in [-0.39, 0.29) is 5.97 Å². The van der Waals surface area contributed by atoms with E-state index in [1.807, 2.05) is 61.5 Å². The number of ether oxygens (including phenoxy) is 2. The number of nitrogens with one attached hydrogen (secondary N) is 1. The van der Waals surface area contributed by atoms with E-state index >= 15 is 0 Å². The third-order valence-electron chi connectivity index (χ3n) is 6.29. The summed E-state index contributed by atoms with van der Waals surface area (Å²) < 4.78 is 12.5. The van der Waals surface area contributed by atoms with Gasteiger partial charge in [-0.05, 0) is 55.8 Å². The fraction of sp³-hybridized carbons (Fsp3) is 0.107. The molecule has 0 saturated heterocycles. The molecule has 0 amide bonds. The lowest BCUT2D eigenvalue weighted by atomic mass is 9.77. The fourth-order valence-electron chi connectivity index (χ4n) is 4.70. The maximum atomic E-state index is 13.0. The van der Waals surface area contributed by atoms with E-state index in [0.29, 0.717) is 17.1 Å². The van der Waals surface area contributed by atoms with Crippen LogP contribution in [-0.4, -0.2) is 5.97 Å². The molecular formula is C28H21NO3. The Morgan fingerprint density at radius 3 is 2.28 bits per heavy atom. The van der Waals surface area contributed by atoms with Gasteiger partial charge < -0.3 is 14.8 Å². The summed E-state index contributed by atoms with van der Waals surface area (Å²) in [6.07, 6.45) is 0. The average Bonchev–Trinajstić information content (AvgIpc) is 3.10. The molecule has 4 aromatic carbocycles. The van der Waals surface area contributed by atoms with Crippen molar-refractivity contribution in [2.45, 2.75) is 19.4 Å². The predicted octanol–water partition coefficient (Wildman–Crippen LogP) is 6.62. The van der Waals surface area contributed by atoms with E-state index in [0.717, 1.165) is 33.6 Å². The number of benzene rings is 4. The molecule has 4 heteroatoms. The molecule has 1 atom stereocenters. The van der Waals surface area contributed by atoms with Crippen molar-refractivity contribution in [1.29, 1.82) is 0 Å². The second-order valence-corrected chi connectivity index (χ2v) is 8.37. The van der Waals surface area contributed by atoms with Gasteiger partial charge in [0.25, 0.3) is 0 Å². The van der Waals surface area contributed by atoms with E-state index in [1.54, 1.807) is 0 Å². The van der Waals surface area contributed by atoms with E-state index in [4.69, 9.17) is 9.47 Å². The lowest BCUT2D eigenvalue weighted by molar-refractivity contribution is 0.0224. The number of anilines is 2. The smallest absolute Gasteiger partial charge is 0.340 e. The van der Waals surface area contributed by atoms with Gasteiger partial charge in [0, 0.05) is 28.1 Å². The Morgan fingerprint density at radius 2 is 1.47 bits per heavy atom. The molecule has 0 saturated carbocycles. The molecule has 0 bridgehead atoms. The molecule has 0 aromatic heterocycles. The Balaban J connectivity index is 1.59. The predicted molar refractivity (Wildman–Crippen MR) is 124 cm³/mol. The van der Waals surface area contributed by atoms with Crippen molar-refractivity contribution in [2.75, 3.05) is 5.32 Å². The highest BCUT2D eigenvalue weighted by Crippen LogP contribution is 2.56. The Morgan fingerprint density at radius 1 is 0.750 bits per heavy atom. The van der Waals surface area contributed by atoms with Gasteiger partial charge in [0.05, 0.1) is 5.56 Å². The van der Waals surface area contributed by atoms with Crippen molar-refractivity contribution < 1.29 is 14.3 Å². The van der Waals surface area contributed by atoms with E-state index in [1.165, 1.54) is 5.56 Å². The van der Waals surface area contributed by atoms with Gasteiger partial charge in [0.15, 0.2) is 5.60 Å². The van der Waals surface area contributed by atoms with Gasteiger partial charge in [-0.2, -0.15) is 0 Å². The highest BCUT2D eigenvalue weighted by molar-refractivity contribution is 5.97. The summed E-state index contributed by atoms with van der Waals surface area (Å²) in [5.41, 5.74) is 6.20. The normalized spacial score (nSPS) is 17.8. The minimum absolute atomic E-state index is 0.322. The lowest BCUT2D eigenvalue weighted by Gasteiger charge is -2.37. The largest absolute Gasteiger partial charge is 0.456 e. The van der Waals surface area contributed by atoms with E-state index < -0.39 is 5.60 Å². The summed E-state index contributed by atoms with van der Waals surface area (Å²) in [6, 6.07) is 27.7. The van der Waals surface area contributed by atoms with Crippen molar-refractivity contribution in [2.24, 2.45) is 0 Å². The van der Waals surface area contributed by atoms with Crippen LogP contribution in [0.4, 0.5) is 11.4 Å². The summed E-state index contributed by atoms with van der Waals surface area (Å²) in [6.45, 7) is 4.11. The molecule has 2 heterocycles. The minimum Gasteiger partial charge on any atom is -0.456 e. The SMILES string of the molecule is Cc1ccc(Nc2cc3c(cc2C)Oc2ccccc2C32OC(=O)c3ccccc32)cc1. The zero-order chi connectivity index (χ0) is 21.9. The molecule has 32 heavy (non-hydrogen) atoms. The van der Waals surface area contributed by atoms with E-state index in [2.05, 4.69) is 42.6 Å². The van der Waals surface area contributed by atoms with Crippen LogP contribution in [-0.2, 0) is 10.3 Å². The number of rotatable bonds is 2. The first-order valence-corrected chi connectivity index (χ1v) is 10.7. The molecule has 4 nitrogen and oxygen atoms in total. The van der Waals surface area contributed by atoms with Gasteiger partial charge in [-0.3, -0.25) is 0 Å². The molecule has 1 N–H and O–H groups in total. The maximum Gasteiger partial charge on any atom is 0.340 e. The van der Waals surface area contributed by atoms with Crippen LogP contribution in [0.3, 0.4) is 0 Å². The molecule has 0 radical (unpaired) electrons. The molecule has 156 valence electrons. The molecular weight excluding hydrogens is 398 g/mol. The van der Waals surface area contributed by atoms with Crippen LogP contribution in [0.2, 0.25) is 0 Å². The third kappa shape index (κ3) is 2.59. The number of esters is 1. The Hall–Kier alpha value is -4.05. The first-order chi connectivity index (χ1) is 15.6. The quantitative estimate of drug-likeness (QED) is 0.371. The van der Waals surface area contributed by atoms with Crippen LogP contribution in [0, 0.1) is 13.8 Å². The Labute approximate surface area is 186 Å². The van der Waals surface area contributed by atoms with Crippen LogP contribution in [0.1, 0.15) is 38.2 Å². The van der Waals surface area contributed by atoms with Crippen LogP contribution in [0.25, 0.3) is 0 Å². The standard InChI is InChI=1S/C28H21NO3/c1-17-11-13-19(14-12-17)29-24-16-23-26(15-18(24)2)31-25-10-6-5-9-22(25)28(23)21-8-4-3-7-20(21)27(30)32-28/h3-16,29H,1-2H3. The van der Waals surface area contributed by atoms with Crippen molar-refractivity contribution in [1.82, 2.24) is 0 Å². The number of hydrogen-bond acceptors (Lipinski definition) is 4. The van der Waals surface area contributed by atoms with Gasteiger partial charge in [0.1, 0.15) is 11.5 Å². The van der Waals surface area contributed by atoms with Gasteiger partial charge in [-0.1, -0.05) is 54.1 Å². The number of para-hydroxylation sites is 1. The van der Waals surface area contributed by atoms with Crippen LogP contribution in [0.15, 0.2) is 84.9 Å².